The van der Waals surface area contributed by atoms with E-state index in [2.05, 4.69) is 15.5 Å². The Balaban J connectivity index is 0.00000160. The zero-order valence-electron chi connectivity index (χ0n) is 16.8. The van der Waals surface area contributed by atoms with Gasteiger partial charge in [0.05, 0.1) is 16.8 Å². The molecule has 7 heteroatoms. The lowest BCUT2D eigenvalue weighted by atomic mass is 10.0. The zero-order chi connectivity index (χ0) is 19.2. The Morgan fingerprint density at radius 1 is 1.00 bits per heavy atom. The Morgan fingerprint density at radius 2 is 1.70 bits per heavy atom. The van der Waals surface area contributed by atoms with E-state index in [1.807, 2.05) is 60.7 Å². The molecule has 2 heterocycles. The van der Waals surface area contributed by atoms with Crippen LogP contribution in [0.4, 0.5) is 0 Å². The van der Waals surface area contributed by atoms with Gasteiger partial charge in [-0.3, -0.25) is 4.79 Å². The molecule has 0 aliphatic carbocycles. The number of hydrogen-bond acceptors (Lipinski definition) is 4. The van der Waals surface area contributed by atoms with E-state index in [1.54, 1.807) is 0 Å². The van der Waals surface area contributed by atoms with Gasteiger partial charge in [-0.2, -0.15) is 0 Å². The van der Waals surface area contributed by atoms with Crippen molar-refractivity contribution in [2.45, 2.75) is 6.42 Å². The normalized spacial score (nSPS) is 13.9. The number of aromatic nitrogens is 1. The van der Waals surface area contributed by atoms with Crippen LogP contribution in [-0.4, -0.2) is 55.1 Å². The van der Waals surface area contributed by atoms with Crippen molar-refractivity contribution < 1.29 is 4.79 Å². The van der Waals surface area contributed by atoms with Crippen LogP contribution >= 0.6 is 24.8 Å². The number of hydrogen-bond donors (Lipinski definition) is 2. The summed E-state index contributed by atoms with van der Waals surface area (Å²) in [4.78, 5) is 20.1. The van der Waals surface area contributed by atoms with Crippen molar-refractivity contribution in [3.8, 4) is 11.3 Å². The molecule has 1 aromatic heterocycles. The number of para-hydroxylation sites is 1. The largest absolute Gasteiger partial charge is 0.352 e. The van der Waals surface area contributed by atoms with Crippen LogP contribution in [-0.2, 0) is 0 Å². The lowest BCUT2D eigenvalue weighted by Crippen LogP contribution is -2.44. The van der Waals surface area contributed by atoms with Gasteiger partial charge in [-0.25, -0.2) is 4.98 Å². The van der Waals surface area contributed by atoms with Crippen molar-refractivity contribution in [1.29, 1.82) is 0 Å². The summed E-state index contributed by atoms with van der Waals surface area (Å²) in [5.41, 5.74) is 3.37. The SMILES string of the molecule is Cl.Cl.O=C(NCCCN1CCNCC1)c1cc(-c2ccccc2)nc2ccccc12. The van der Waals surface area contributed by atoms with Crippen LogP contribution in [0.1, 0.15) is 16.8 Å². The molecular weight excluding hydrogens is 419 g/mol. The van der Waals surface area contributed by atoms with Crippen molar-refractivity contribution in [3.63, 3.8) is 0 Å². The number of nitrogens with zero attached hydrogens (tertiary/aromatic N) is 2. The smallest absolute Gasteiger partial charge is 0.252 e. The number of piperazine rings is 1. The monoisotopic (exact) mass is 446 g/mol. The molecule has 3 aromatic rings. The number of pyridine rings is 1. The molecule has 1 aliphatic heterocycles. The van der Waals surface area contributed by atoms with Crippen molar-refractivity contribution in [3.05, 3.63) is 66.2 Å². The average molecular weight is 447 g/mol. The molecule has 1 amide bonds. The highest BCUT2D eigenvalue weighted by Gasteiger charge is 2.14. The van der Waals surface area contributed by atoms with E-state index >= 15 is 0 Å². The molecule has 2 aromatic carbocycles. The summed E-state index contributed by atoms with van der Waals surface area (Å²) >= 11 is 0. The number of carbonyl (C=O) groups is 1. The Hall–Kier alpha value is -2.18. The fourth-order valence-corrected chi connectivity index (χ4v) is 3.65. The first-order chi connectivity index (χ1) is 13.8. The maximum Gasteiger partial charge on any atom is 0.252 e. The van der Waals surface area contributed by atoms with Gasteiger partial charge in [0, 0.05) is 43.7 Å². The lowest BCUT2D eigenvalue weighted by Gasteiger charge is -2.27. The Labute approximate surface area is 190 Å². The van der Waals surface area contributed by atoms with Crippen molar-refractivity contribution >= 4 is 41.6 Å². The summed E-state index contributed by atoms with van der Waals surface area (Å²) in [6.07, 6.45) is 0.959. The molecule has 4 rings (SSSR count). The van der Waals surface area contributed by atoms with E-state index in [9.17, 15) is 4.79 Å². The Kier molecular flexibility index (Phi) is 9.53. The van der Waals surface area contributed by atoms with Gasteiger partial charge in [-0.15, -0.1) is 24.8 Å². The second-order valence-corrected chi connectivity index (χ2v) is 7.14. The molecule has 160 valence electrons. The minimum absolute atomic E-state index is 0. The summed E-state index contributed by atoms with van der Waals surface area (Å²) in [6, 6.07) is 19.7. The molecule has 0 bridgehead atoms. The maximum atomic E-state index is 12.9. The summed E-state index contributed by atoms with van der Waals surface area (Å²) in [7, 11) is 0. The second-order valence-electron chi connectivity index (χ2n) is 7.14. The van der Waals surface area contributed by atoms with E-state index in [0.29, 0.717) is 12.1 Å². The molecule has 1 fully saturated rings. The topological polar surface area (TPSA) is 57.3 Å². The van der Waals surface area contributed by atoms with Crippen LogP contribution in [0.15, 0.2) is 60.7 Å². The number of fused-ring (bicyclic) bond motifs is 1. The number of halogens is 2. The van der Waals surface area contributed by atoms with Gasteiger partial charge in [0.2, 0.25) is 0 Å². The molecule has 1 aliphatic rings. The highest BCUT2D eigenvalue weighted by Crippen LogP contribution is 2.24. The van der Waals surface area contributed by atoms with Crippen LogP contribution in [0, 0.1) is 0 Å². The molecule has 0 atom stereocenters. The highest BCUT2D eigenvalue weighted by atomic mass is 35.5. The fraction of sp³-hybridized carbons (Fsp3) is 0.304. The minimum Gasteiger partial charge on any atom is -0.352 e. The minimum atomic E-state index is -0.0314. The molecule has 0 unspecified atom stereocenters. The number of carbonyl (C=O) groups excluding carboxylic acids is 1. The van der Waals surface area contributed by atoms with Crippen LogP contribution in [0.25, 0.3) is 22.2 Å². The van der Waals surface area contributed by atoms with Gasteiger partial charge in [-0.05, 0) is 25.1 Å². The van der Waals surface area contributed by atoms with Gasteiger partial charge in [0.1, 0.15) is 0 Å². The number of nitrogens with one attached hydrogen (secondary N) is 2. The van der Waals surface area contributed by atoms with Gasteiger partial charge in [-0.1, -0.05) is 48.5 Å². The molecule has 2 N–H and O–H groups in total. The molecule has 5 nitrogen and oxygen atoms in total. The summed E-state index contributed by atoms with van der Waals surface area (Å²) in [5, 5.41) is 7.35. The van der Waals surface area contributed by atoms with E-state index in [0.717, 1.165) is 61.3 Å². The summed E-state index contributed by atoms with van der Waals surface area (Å²) in [5.74, 6) is -0.0314. The van der Waals surface area contributed by atoms with Crippen LogP contribution in [0.5, 0.6) is 0 Å². The van der Waals surface area contributed by atoms with Gasteiger partial charge in [0.15, 0.2) is 0 Å². The van der Waals surface area contributed by atoms with Gasteiger partial charge in [0.25, 0.3) is 5.91 Å². The summed E-state index contributed by atoms with van der Waals surface area (Å²) < 4.78 is 0. The maximum absolute atomic E-state index is 12.9. The molecular formula is C23H28Cl2N4O. The van der Waals surface area contributed by atoms with E-state index in [1.165, 1.54) is 0 Å². The third-order valence-corrected chi connectivity index (χ3v) is 5.18. The van der Waals surface area contributed by atoms with Crippen LogP contribution in [0.2, 0.25) is 0 Å². The second kappa shape index (κ2) is 11.9. The standard InChI is InChI=1S/C23H26N4O.2ClH/c28-23(25-11-6-14-27-15-12-24-13-16-27)20-17-22(18-7-2-1-3-8-18)26-21-10-5-4-9-19(20)21;;/h1-5,7-10,17,24H,6,11-16H2,(H,25,28);2*1H. The van der Waals surface area contributed by atoms with Crippen LogP contribution in [0.3, 0.4) is 0 Å². The predicted molar refractivity (Wildman–Crippen MR) is 128 cm³/mol. The number of benzene rings is 2. The Bertz CT molecular complexity index is 946. The fourth-order valence-electron chi connectivity index (χ4n) is 3.65. The molecule has 0 spiro atoms. The average Bonchev–Trinajstić information content (AvgIpc) is 2.77. The van der Waals surface area contributed by atoms with Gasteiger partial charge >= 0.3 is 0 Å². The van der Waals surface area contributed by atoms with E-state index < -0.39 is 0 Å². The third kappa shape index (κ3) is 5.92. The molecule has 1 saturated heterocycles. The lowest BCUT2D eigenvalue weighted by molar-refractivity contribution is 0.0953. The first kappa shape index (κ1) is 24.1. The number of amides is 1. The van der Waals surface area contributed by atoms with E-state index in [-0.39, 0.29) is 30.7 Å². The first-order valence-electron chi connectivity index (χ1n) is 9.98. The van der Waals surface area contributed by atoms with E-state index in [4.69, 9.17) is 4.98 Å². The zero-order valence-corrected chi connectivity index (χ0v) is 18.5. The highest BCUT2D eigenvalue weighted by molar-refractivity contribution is 6.07. The third-order valence-electron chi connectivity index (χ3n) is 5.18. The van der Waals surface area contributed by atoms with Crippen molar-refractivity contribution in [2.75, 3.05) is 39.3 Å². The molecule has 30 heavy (non-hydrogen) atoms. The summed E-state index contributed by atoms with van der Waals surface area (Å²) in [6.45, 7) is 5.98. The molecule has 0 saturated carbocycles. The Morgan fingerprint density at radius 3 is 2.47 bits per heavy atom. The molecule has 0 radical (unpaired) electrons. The first-order valence-corrected chi connectivity index (χ1v) is 9.98. The predicted octanol–water partition coefficient (Wildman–Crippen LogP) is 3.77. The number of rotatable bonds is 6. The van der Waals surface area contributed by atoms with Crippen molar-refractivity contribution in [2.24, 2.45) is 0 Å². The van der Waals surface area contributed by atoms with Crippen molar-refractivity contribution in [1.82, 2.24) is 20.5 Å². The quantitative estimate of drug-likeness (QED) is 0.565. The van der Waals surface area contributed by atoms with Gasteiger partial charge < -0.3 is 15.5 Å². The van der Waals surface area contributed by atoms with Crippen LogP contribution < -0.4 is 10.6 Å².